The van der Waals surface area contributed by atoms with Gasteiger partial charge in [0.15, 0.2) is 5.13 Å². The molecule has 9 heteroatoms. The van der Waals surface area contributed by atoms with E-state index in [1.165, 1.54) is 6.20 Å². The molecule has 0 unspecified atom stereocenters. The Bertz CT molecular complexity index is 1070. The average Bonchev–Trinajstić information content (AvgIpc) is 3.15. The number of rotatable bonds is 7. The number of hydrogen-bond acceptors (Lipinski definition) is 5. The zero-order valence-electron chi connectivity index (χ0n) is 15.2. The van der Waals surface area contributed by atoms with Crippen molar-refractivity contribution in [3.63, 3.8) is 0 Å². The van der Waals surface area contributed by atoms with Crippen LogP contribution in [-0.4, -0.2) is 13.4 Å². The van der Waals surface area contributed by atoms with E-state index in [-0.39, 0.29) is 16.2 Å². The van der Waals surface area contributed by atoms with Gasteiger partial charge in [0, 0.05) is 11.6 Å². The molecule has 0 bridgehead atoms. The Morgan fingerprint density at radius 2 is 2.04 bits per heavy atom. The van der Waals surface area contributed by atoms with Gasteiger partial charge in [-0.15, -0.1) is 11.3 Å². The highest BCUT2D eigenvalue weighted by Crippen LogP contribution is 2.33. The van der Waals surface area contributed by atoms with Crippen molar-refractivity contribution in [1.29, 1.82) is 0 Å². The van der Waals surface area contributed by atoms with Gasteiger partial charge in [0.25, 0.3) is 10.0 Å². The summed E-state index contributed by atoms with van der Waals surface area (Å²) in [6.45, 7) is 4.01. The molecule has 1 aromatic heterocycles. The lowest BCUT2D eigenvalue weighted by atomic mass is 9.99. The summed E-state index contributed by atoms with van der Waals surface area (Å²) in [4.78, 5) is 3.32. The molecular weight excluding hydrogens is 421 g/mol. The van der Waals surface area contributed by atoms with Crippen molar-refractivity contribution in [1.82, 2.24) is 4.98 Å². The topological polar surface area (TPSA) is 71.1 Å². The Kier molecular flexibility index (Phi) is 6.22. The molecule has 0 aliphatic heterocycles. The molecule has 0 amide bonds. The van der Waals surface area contributed by atoms with E-state index in [0.29, 0.717) is 5.69 Å². The quantitative estimate of drug-likeness (QED) is 0.502. The standard InChI is InChI=1S/C19H19ClFN3O2S2/c1-3-16(13-7-5-4-6-12(13)2)23-17-11-15(21)18(10-14(17)20)28(25,26)24-19-22-8-9-27-19/h4-11,16,23H,3H2,1-2H3,(H,22,24)/t16-/m0/s1. The molecule has 1 atom stereocenters. The minimum Gasteiger partial charge on any atom is -0.377 e. The predicted molar refractivity (Wildman–Crippen MR) is 112 cm³/mol. The molecule has 0 aliphatic carbocycles. The molecule has 28 heavy (non-hydrogen) atoms. The molecule has 0 saturated heterocycles. The van der Waals surface area contributed by atoms with Crippen molar-refractivity contribution in [2.24, 2.45) is 0 Å². The fraction of sp³-hybridized carbons (Fsp3) is 0.211. The molecule has 5 nitrogen and oxygen atoms in total. The molecule has 0 aliphatic rings. The van der Waals surface area contributed by atoms with Crippen LogP contribution in [0.2, 0.25) is 5.02 Å². The van der Waals surface area contributed by atoms with E-state index in [9.17, 15) is 12.8 Å². The van der Waals surface area contributed by atoms with Crippen LogP contribution >= 0.6 is 22.9 Å². The minimum atomic E-state index is -4.14. The van der Waals surface area contributed by atoms with Crippen molar-refractivity contribution >= 4 is 43.8 Å². The van der Waals surface area contributed by atoms with Crippen LogP contribution in [0.1, 0.15) is 30.5 Å². The third-order valence-corrected chi connectivity index (χ3v) is 6.75. The fourth-order valence-corrected chi connectivity index (χ4v) is 5.01. The predicted octanol–water partition coefficient (Wildman–Crippen LogP) is 5.61. The Labute approximate surface area is 172 Å². The van der Waals surface area contributed by atoms with Gasteiger partial charge in [0.05, 0.1) is 16.8 Å². The molecular formula is C19H19ClFN3O2S2. The van der Waals surface area contributed by atoms with Crippen LogP contribution in [0.15, 0.2) is 52.9 Å². The van der Waals surface area contributed by atoms with E-state index in [2.05, 4.69) is 15.0 Å². The highest BCUT2D eigenvalue weighted by molar-refractivity contribution is 7.93. The zero-order valence-corrected chi connectivity index (χ0v) is 17.6. The number of hydrogen-bond donors (Lipinski definition) is 2. The molecule has 0 saturated carbocycles. The highest BCUT2D eigenvalue weighted by Gasteiger charge is 2.23. The Morgan fingerprint density at radius 3 is 2.68 bits per heavy atom. The lowest BCUT2D eigenvalue weighted by molar-refractivity contribution is 0.570. The van der Waals surface area contributed by atoms with Crippen LogP contribution in [-0.2, 0) is 10.0 Å². The molecule has 0 spiro atoms. The molecule has 2 N–H and O–H groups in total. The SMILES string of the molecule is CC[C@H](Nc1cc(F)c(S(=O)(=O)Nc2nccs2)cc1Cl)c1ccccc1C. The summed E-state index contributed by atoms with van der Waals surface area (Å²) in [5.41, 5.74) is 2.51. The monoisotopic (exact) mass is 439 g/mol. The second kappa shape index (κ2) is 8.46. The maximum atomic E-state index is 14.7. The van der Waals surface area contributed by atoms with Crippen molar-refractivity contribution in [3.8, 4) is 0 Å². The third-order valence-electron chi connectivity index (χ3n) is 4.27. The largest absolute Gasteiger partial charge is 0.377 e. The Hall–Kier alpha value is -2.16. The van der Waals surface area contributed by atoms with Crippen molar-refractivity contribution < 1.29 is 12.8 Å². The van der Waals surface area contributed by atoms with Gasteiger partial charge < -0.3 is 5.32 Å². The summed E-state index contributed by atoms with van der Waals surface area (Å²) >= 11 is 7.38. The lowest BCUT2D eigenvalue weighted by Gasteiger charge is -2.22. The van der Waals surface area contributed by atoms with Crippen LogP contribution in [0.5, 0.6) is 0 Å². The van der Waals surface area contributed by atoms with Crippen molar-refractivity contribution in [3.05, 3.63) is 69.9 Å². The van der Waals surface area contributed by atoms with E-state index in [1.807, 2.05) is 38.1 Å². The van der Waals surface area contributed by atoms with E-state index in [0.717, 1.165) is 41.0 Å². The van der Waals surface area contributed by atoms with Crippen molar-refractivity contribution in [2.75, 3.05) is 10.0 Å². The highest BCUT2D eigenvalue weighted by atomic mass is 35.5. The molecule has 1 heterocycles. The van der Waals surface area contributed by atoms with Gasteiger partial charge in [-0.1, -0.05) is 42.8 Å². The number of aryl methyl sites for hydroxylation is 1. The van der Waals surface area contributed by atoms with Gasteiger partial charge in [-0.3, -0.25) is 4.72 Å². The molecule has 0 fully saturated rings. The van der Waals surface area contributed by atoms with E-state index in [4.69, 9.17) is 11.6 Å². The first kappa shape index (κ1) is 20.6. The summed E-state index contributed by atoms with van der Waals surface area (Å²) in [7, 11) is -4.14. The molecule has 148 valence electrons. The zero-order chi connectivity index (χ0) is 20.3. The molecule has 3 rings (SSSR count). The van der Waals surface area contributed by atoms with Gasteiger partial charge >= 0.3 is 0 Å². The Balaban J connectivity index is 1.90. The summed E-state index contributed by atoms with van der Waals surface area (Å²) in [6.07, 6.45) is 2.20. The summed E-state index contributed by atoms with van der Waals surface area (Å²) in [5, 5.41) is 5.11. The molecule has 0 radical (unpaired) electrons. The van der Waals surface area contributed by atoms with Crippen molar-refractivity contribution in [2.45, 2.75) is 31.2 Å². The summed E-state index contributed by atoms with van der Waals surface area (Å²) < 4.78 is 41.8. The fourth-order valence-electron chi connectivity index (χ4n) is 2.85. The maximum absolute atomic E-state index is 14.7. The third kappa shape index (κ3) is 4.45. The lowest BCUT2D eigenvalue weighted by Crippen LogP contribution is -2.16. The summed E-state index contributed by atoms with van der Waals surface area (Å²) in [6, 6.07) is 10.0. The van der Waals surface area contributed by atoms with E-state index in [1.54, 1.807) is 5.38 Å². The van der Waals surface area contributed by atoms with Gasteiger partial charge in [0.1, 0.15) is 10.7 Å². The average molecular weight is 440 g/mol. The smallest absolute Gasteiger partial charge is 0.266 e. The Morgan fingerprint density at radius 1 is 1.29 bits per heavy atom. The number of nitrogens with zero attached hydrogens (tertiary/aromatic N) is 1. The minimum absolute atomic E-state index is 0.0889. The normalized spacial score (nSPS) is 12.6. The number of nitrogens with one attached hydrogen (secondary N) is 2. The van der Waals surface area contributed by atoms with Crippen LogP contribution in [0.25, 0.3) is 0 Å². The molecule has 2 aromatic carbocycles. The van der Waals surface area contributed by atoms with Gasteiger partial charge in [-0.25, -0.2) is 17.8 Å². The second-order valence-corrected chi connectivity index (χ2v) is 9.12. The number of halogens is 2. The number of thiazole rings is 1. The maximum Gasteiger partial charge on any atom is 0.266 e. The first-order valence-corrected chi connectivity index (χ1v) is 11.3. The number of aromatic nitrogens is 1. The number of benzene rings is 2. The van der Waals surface area contributed by atoms with Gasteiger partial charge in [-0.2, -0.15) is 0 Å². The number of sulfonamides is 1. The first-order valence-electron chi connectivity index (χ1n) is 8.55. The second-order valence-electron chi connectivity index (χ2n) is 6.17. The van der Waals surface area contributed by atoms with Crippen LogP contribution < -0.4 is 10.0 Å². The number of anilines is 2. The van der Waals surface area contributed by atoms with Crippen LogP contribution in [0.3, 0.4) is 0 Å². The van der Waals surface area contributed by atoms with Gasteiger partial charge in [0.2, 0.25) is 0 Å². The van der Waals surface area contributed by atoms with E-state index < -0.39 is 20.7 Å². The van der Waals surface area contributed by atoms with Gasteiger partial charge in [-0.05, 0) is 36.6 Å². The first-order chi connectivity index (χ1) is 13.3. The van der Waals surface area contributed by atoms with E-state index >= 15 is 0 Å². The van der Waals surface area contributed by atoms with Crippen LogP contribution in [0, 0.1) is 12.7 Å². The summed E-state index contributed by atoms with van der Waals surface area (Å²) in [5.74, 6) is -0.893. The molecule has 3 aromatic rings. The van der Waals surface area contributed by atoms with Crippen LogP contribution in [0.4, 0.5) is 15.2 Å².